The Morgan fingerprint density at radius 1 is 1.05 bits per heavy atom. The van der Waals surface area contributed by atoms with Crippen LogP contribution in [-0.4, -0.2) is 14.2 Å². The van der Waals surface area contributed by atoms with Crippen molar-refractivity contribution in [1.29, 1.82) is 0 Å². The lowest BCUT2D eigenvalue weighted by molar-refractivity contribution is 0.409. The summed E-state index contributed by atoms with van der Waals surface area (Å²) in [6, 6.07) is 8.18. The van der Waals surface area contributed by atoms with Crippen LogP contribution < -0.4 is 14.8 Å². The van der Waals surface area contributed by atoms with Gasteiger partial charge in [0.1, 0.15) is 23.1 Å². The molecule has 0 atom stereocenters. The summed E-state index contributed by atoms with van der Waals surface area (Å²) in [5.74, 6) is 1.37. The van der Waals surface area contributed by atoms with Crippen LogP contribution in [0.3, 0.4) is 0 Å². The van der Waals surface area contributed by atoms with E-state index in [0.29, 0.717) is 23.8 Å². The van der Waals surface area contributed by atoms with Crippen LogP contribution in [0.25, 0.3) is 0 Å². The summed E-state index contributed by atoms with van der Waals surface area (Å²) in [6.45, 7) is 0.571. The van der Waals surface area contributed by atoms with Crippen LogP contribution in [0.4, 0.5) is 4.39 Å². The first kappa shape index (κ1) is 16.3. The quantitative estimate of drug-likeness (QED) is 0.751. The Morgan fingerprint density at radius 2 is 1.71 bits per heavy atom. The standard InChI is InChI=1S/C15H14Br2FNO2/c1-19-8-9-3-10(18)5-11(4-9)21-15-7-12(16)14(20-2)6-13(15)17/h3-7,19H,8H2,1-2H3. The van der Waals surface area contributed by atoms with E-state index in [2.05, 4.69) is 37.2 Å². The molecule has 0 fully saturated rings. The molecule has 0 aromatic heterocycles. The van der Waals surface area contributed by atoms with Crippen LogP contribution in [0.5, 0.6) is 17.2 Å². The lowest BCUT2D eigenvalue weighted by Gasteiger charge is -2.12. The third-order valence-corrected chi connectivity index (χ3v) is 3.99. The highest BCUT2D eigenvalue weighted by Gasteiger charge is 2.10. The third kappa shape index (κ3) is 4.18. The summed E-state index contributed by atoms with van der Waals surface area (Å²) in [4.78, 5) is 0. The van der Waals surface area contributed by atoms with E-state index >= 15 is 0 Å². The topological polar surface area (TPSA) is 30.5 Å². The first-order valence-electron chi connectivity index (χ1n) is 6.18. The zero-order valence-corrected chi connectivity index (χ0v) is 14.7. The molecule has 1 N–H and O–H groups in total. The molecule has 0 heterocycles. The van der Waals surface area contributed by atoms with Crippen LogP contribution in [0.15, 0.2) is 39.3 Å². The van der Waals surface area contributed by atoms with Crippen molar-refractivity contribution >= 4 is 31.9 Å². The van der Waals surface area contributed by atoms with Gasteiger partial charge >= 0.3 is 0 Å². The van der Waals surface area contributed by atoms with E-state index in [1.165, 1.54) is 12.1 Å². The predicted molar refractivity (Wildman–Crippen MR) is 87.6 cm³/mol. The Bertz CT molecular complexity index is 650. The van der Waals surface area contributed by atoms with Gasteiger partial charge in [0.25, 0.3) is 0 Å². The second-order valence-electron chi connectivity index (χ2n) is 4.34. The van der Waals surface area contributed by atoms with E-state index < -0.39 is 0 Å². The van der Waals surface area contributed by atoms with E-state index in [-0.39, 0.29) is 5.82 Å². The average Bonchev–Trinajstić information content (AvgIpc) is 2.42. The fourth-order valence-corrected chi connectivity index (χ4v) is 2.75. The van der Waals surface area contributed by atoms with Gasteiger partial charge in [-0.25, -0.2) is 4.39 Å². The number of methoxy groups -OCH3 is 1. The molecule has 0 aliphatic rings. The molecule has 0 radical (unpaired) electrons. The van der Waals surface area contributed by atoms with E-state index in [1.54, 1.807) is 25.3 Å². The Morgan fingerprint density at radius 3 is 2.38 bits per heavy atom. The molecule has 112 valence electrons. The molecule has 0 bridgehead atoms. The highest BCUT2D eigenvalue weighted by Crippen LogP contribution is 2.38. The molecule has 0 saturated carbocycles. The lowest BCUT2D eigenvalue weighted by atomic mass is 10.2. The van der Waals surface area contributed by atoms with Crippen molar-refractivity contribution in [1.82, 2.24) is 5.32 Å². The SMILES string of the molecule is CNCc1cc(F)cc(Oc2cc(Br)c(OC)cc2Br)c1. The normalized spacial score (nSPS) is 10.5. The van der Waals surface area contributed by atoms with Gasteiger partial charge in [-0.1, -0.05) is 0 Å². The summed E-state index contributed by atoms with van der Waals surface area (Å²) in [6.07, 6.45) is 0. The van der Waals surface area contributed by atoms with Crippen molar-refractivity contribution < 1.29 is 13.9 Å². The van der Waals surface area contributed by atoms with E-state index in [1.807, 2.05) is 7.05 Å². The van der Waals surface area contributed by atoms with Crippen molar-refractivity contribution in [3.8, 4) is 17.2 Å². The van der Waals surface area contributed by atoms with Gasteiger partial charge in [-0.2, -0.15) is 0 Å². The third-order valence-electron chi connectivity index (χ3n) is 2.75. The lowest BCUT2D eigenvalue weighted by Crippen LogP contribution is -2.05. The zero-order chi connectivity index (χ0) is 15.4. The minimum Gasteiger partial charge on any atom is -0.496 e. The summed E-state index contributed by atoms with van der Waals surface area (Å²) in [5.41, 5.74) is 0.816. The van der Waals surface area contributed by atoms with Gasteiger partial charge in [-0.15, -0.1) is 0 Å². The molecule has 2 rings (SSSR count). The average molecular weight is 419 g/mol. The number of hydrogen-bond acceptors (Lipinski definition) is 3. The molecule has 0 saturated heterocycles. The van der Waals surface area contributed by atoms with Crippen molar-refractivity contribution in [3.05, 3.63) is 50.7 Å². The summed E-state index contributed by atoms with van der Waals surface area (Å²) in [7, 11) is 3.40. The number of hydrogen-bond donors (Lipinski definition) is 1. The van der Waals surface area contributed by atoms with Gasteiger partial charge < -0.3 is 14.8 Å². The number of rotatable bonds is 5. The fourth-order valence-electron chi connectivity index (χ4n) is 1.86. The first-order chi connectivity index (χ1) is 10.0. The van der Waals surface area contributed by atoms with E-state index in [0.717, 1.165) is 14.5 Å². The van der Waals surface area contributed by atoms with Crippen LogP contribution in [0.1, 0.15) is 5.56 Å². The Labute approximate surface area is 139 Å². The summed E-state index contributed by atoms with van der Waals surface area (Å²) >= 11 is 6.81. The zero-order valence-electron chi connectivity index (χ0n) is 11.5. The Hall–Kier alpha value is -1.11. The van der Waals surface area contributed by atoms with Crippen molar-refractivity contribution in [2.45, 2.75) is 6.54 Å². The molecule has 2 aromatic carbocycles. The van der Waals surface area contributed by atoms with Crippen LogP contribution in [-0.2, 0) is 6.54 Å². The summed E-state index contributed by atoms with van der Waals surface area (Å²) < 4.78 is 26.0. The molecule has 0 aliphatic carbocycles. The summed E-state index contributed by atoms with van der Waals surface area (Å²) in [5, 5.41) is 2.98. The largest absolute Gasteiger partial charge is 0.496 e. The first-order valence-corrected chi connectivity index (χ1v) is 7.77. The number of ether oxygens (including phenoxy) is 2. The van der Waals surface area contributed by atoms with E-state index in [4.69, 9.17) is 9.47 Å². The molecule has 0 unspecified atom stereocenters. The second kappa shape index (κ2) is 7.24. The maximum absolute atomic E-state index is 13.6. The number of halogens is 3. The molecule has 3 nitrogen and oxygen atoms in total. The van der Waals surface area contributed by atoms with Crippen LogP contribution in [0, 0.1) is 5.82 Å². The Balaban J connectivity index is 2.31. The van der Waals surface area contributed by atoms with Gasteiger partial charge in [0, 0.05) is 12.6 Å². The molecular formula is C15H14Br2FNO2. The minimum atomic E-state index is -0.332. The van der Waals surface area contributed by atoms with Gasteiger partial charge in [-0.3, -0.25) is 0 Å². The van der Waals surface area contributed by atoms with Crippen molar-refractivity contribution in [3.63, 3.8) is 0 Å². The smallest absolute Gasteiger partial charge is 0.143 e. The molecule has 0 aliphatic heterocycles. The Kier molecular flexibility index (Phi) is 5.61. The fraction of sp³-hybridized carbons (Fsp3) is 0.200. The van der Waals surface area contributed by atoms with Crippen LogP contribution >= 0.6 is 31.9 Å². The maximum atomic E-state index is 13.6. The maximum Gasteiger partial charge on any atom is 0.143 e. The minimum absolute atomic E-state index is 0.332. The molecule has 0 amide bonds. The molecule has 21 heavy (non-hydrogen) atoms. The highest BCUT2D eigenvalue weighted by atomic mass is 79.9. The number of nitrogens with one attached hydrogen (secondary N) is 1. The van der Waals surface area contributed by atoms with Crippen LogP contribution in [0.2, 0.25) is 0 Å². The van der Waals surface area contributed by atoms with E-state index in [9.17, 15) is 4.39 Å². The van der Waals surface area contributed by atoms with Gasteiger partial charge in [-0.05, 0) is 68.7 Å². The van der Waals surface area contributed by atoms with Crippen molar-refractivity contribution in [2.75, 3.05) is 14.2 Å². The number of benzene rings is 2. The van der Waals surface area contributed by atoms with Gasteiger partial charge in [0.15, 0.2) is 0 Å². The van der Waals surface area contributed by atoms with Crippen molar-refractivity contribution in [2.24, 2.45) is 0 Å². The molecule has 2 aromatic rings. The second-order valence-corrected chi connectivity index (χ2v) is 6.05. The molecule has 6 heteroatoms. The van der Waals surface area contributed by atoms with Gasteiger partial charge in [0.2, 0.25) is 0 Å². The predicted octanol–water partition coefficient (Wildman–Crippen LogP) is 4.87. The molecule has 0 spiro atoms. The van der Waals surface area contributed by atoms with Gasteiger partial charge in [0.05, 0.1) is 16.1 Å². The monoisotopic (exact) mass is 417 g/mol. The highest BCUT2D eigenvalue weighted by molar-refractivity contribution is 9.11. The molecular weight excluding hydrogens is 405 g/mol.